The van der Waals surface area contributed by atoms with Crippen LogP contribution in [0.2, 0.25) is 0 Å². The van der Waals surface area contributed by atoms with E-state index in [1.807, 2.05) is 81.4 Å². The third-order valence-corrected chi connectivity index (χ3v) is 8.50. The number of fused-ring (bicyclic) bond motifs is 2. The predicted molar refractivity (Wildman–Crippen MR) is 159 cm³/mol. The minimum absolute atomic E-state index is 0.118. The number of nitrogens with zero attached hydrogens (tertiary/aromatic N) is 2. The lowest BCUT2D eigenvalue weighted by Crippen LogP contribution is -2.40. The molecule has 0 spiro atoms. The molecule has 0 heterocycles. The second kappa shape index (κ2) is 10.7. The molecule has 0 aromatic heterocycles. The largest absolute Gasteiger partial charge is 0.271 e. The molecule has 196 valence electrons. The van der Waals surface area contributed by atoms with Crippen molar-refractivity contribution in [2.45, 2.75) is 25.7 Å². The Morgan fingerprint density at radius 2 is 1.38 bits per heavy atom. The molecular formula is C32H29N3O3S. The Bertz CT molecular complexity index is 1770. The van der Waals surface area contributed by atoms with Crippen LogP contribution in [0.4, 0.5) is 5.69 Å². The van der Waals surface area contributed by atoms with Crippen molar-refractivity contribution in [3.63, 3.8) is 0 Å². The molecule has 5 rings (SSSR count). The summed E-state index contributed by atoms with van der Waals surface area (Å²) < 4.78 is 28.6. The van der Waals surface area contributed by atoms with Gasteiger partial charge >= 0.3 is 0 Å². The van der Waals surface area contributed by atoms with Crippen molar-refractivity contribution in [3.8, 4) is 0 Å². The van der Waals surface area contributed by atoms with E-state index >= 15 is 0 Å². The van der Waals surface area contributed by atoms with Crippen molar-refractivity contribution >= 4 is 49.4 Å². The summed E-state index contributed by atoms with van der Waals surface area (Å²) >= 11 is 0. The number of anilines is 1. The summed E-state index contributed by atoms with van der Waals surface area (Å²) in [4.78, 5) is 13.3. The van der Waals surface area contributed by atoms with Gasteiger partial charge in [0.1, 0.15) is 6.54 Å². The van der Waals surface area contributed by atoms with Crippen molar-refractivity contribution in [1.29, 1.82) is 0 Å². The quantitative estimate of drug-likeness (QED) is 0.152. The van der Waals surface area contributed by atoms with E-state index in [2.05, 4.69) is 16.6 Å². The van der Waals surface area contributed by atoms with Crippen LogP contribution in [0.1, 0.15) is 22.3 Å². The van der Waals surface area contributed by atoms with E-state index < -0.39 is 22.5 Å². The summed E-state index contributed by atoms with van der Waals surface area (Å²) in [7, 11) is -4.02. The maximum atomic E-state index is 13.7. The zero-order valence-corrected chi connectivity index (χ0v) is 22.9. The number of carbonyl (C=O) groups is 1. The molecule has 5 aromatic rings. The maximum absolute atomic E-state index is 13.7. The molecule has 0 aliphatic rings. The van der Waals surface area contributed by atoms with E-state index in [0.29, 0.717) is 5.69 Å². The number of nitrogens with one attached hydrogen (secondary N) is 1. The van der Waals surface area contributed by atoms with Crippen LogP contribution in [-0.2, 0) is 14.8 Å². The molecule has 1 amide bonds. The van der Waals surface area contributed by atoms with Crippen LogP contribution in [0.3, 0.4) is 0 Å². The molecule has 0 saturated heterocycles. The van der Waals surface area contributed by atoms with Crippen LogP contribution in [-0.4, -0.2) is 27.1 Å². The van der Waals surface area contributed by atoms with E-state index in [-0.39, 0.29) is 4.90 Å². The summed E-state index contributed by atoms with van der Waals surface area (Å²) in [6.45, 7) is 5.18. The fraction of sp³-hybridized carbons (Fsp3) is 0.125. The summed E-state index contributed by atoms with van der Waals surface area (Å²) in [5.41, 5.74) is 6.46. The molecule has 6 nitrogen and oxygen atoms in total. The van der Waals surface area contributed by atoms with Crippen molar-refractivity contribution in [3.05, 3.63) is 119 Å². The fourth-order valence-electron chi connectivity index (χ4n) is 4.65. The average molecular weight is 536 g/mol. The number of aryl methyl sites for hydroxylation is 3. The van der Waals surface area contributed by atoms with Gasteiger partial charge in [-0.3, -0.25) is 9.10 Å². The third kappa shape index (κ3) is 5.40. The highest BCUT2D eigenvalue weighted by Gasteiger charge is 2.28. The van der Waals surface area contributed by atoms with Gasteiger partial charge in [-0.2, -0.15) is 5.10 Å². The molecule has 0 aliphatic heterocycles. The van der Waals surface area contributed by atoms with Crippen LogP contribution < -0.4 is 9.73 Å². The lowest BCUT2D eigenvalue weighted by molar-refractivity contribution is -0.119. The summed E-state index contributed by atoms with van der Waals surface area (Å²) in [5.74, 6) is -0.549. The van der Waals surface area contributed by atoms with Crippen LogP contribution in [0, 0.1) is 20.8 Å². The number of rotatable bonds is 7. The molecule has 7 heteroatoms. The van der Waals surface area contributed by atoms with Crippen LogP contribution >= 0.6 is 0 Å². The molecule has 0 radical (unpaired) electrons. The topological polar surface area (TPSA) is 78.8 Å². The second-order valence-corrected chi connectivity index (χ2v) is 11.5. The monoisotopic (exact) mass is 535 g/mol. The van der Waals surface area contributed by atoms with Gasteiger partial charge in [0.15, 0.2) is 0 Å². The van der Waals surface area contributed by atoms with Crippen molar-refractivity contribution < 1.29 is 13.2 Å². The standard InChI is InChI=1S/C32H29N3O3S/c1-22-13-16-27(17-14-22)39(37,38)35(31-18-23(2)12-15-24(31)3)21-32(36)34-33-20-30-28-10-6-4-8-25(28)19-26-9-5-7-11-29(26)30/h4-20H,21H2,1-3H3,(H,34,36)/b33-20+. The lowest BCUT2D eigenvalue weighted by atomic mass is 9.97. The first-order valence-corrected chi connectivity index (χ1v) is 14.1. The van der Waals surface area contributed by atoms with Gasteiger partial charge in [-0.15, -0.1) is 0 Å². The lowest BCUT2D eigenvalue weighted by Gasteiger charge is -2.25. The number of carbonyl (C=O) groups excluding carboxylic acids is 1. The summed E-state index contributed by atoms with van der Waals surface area (Å²) in [6, 6.07) is 30.3. The van der Waals surface area contributed by atoms with E-state index in [9.17, 15) is 13.2 Å². The Morgan fingerprint density at radius 3 is 2.03 bits per heavy atom. The molecule has 0 bridgehead atoms. The second-order valence-electron chi connectivity index (χ2n) is 9.64. The third-order valence-electron chi connectivity index (χ3n) is 6.73. The van der Waals surface area contributed by atoms with Crippen LogP contribution in [0.15, 0.2) is 107 Å². The smallest absolute Gasteiger partial charge is 0.264 e. The van der Waals surface area contributed by atoms with Gasteiger partial charge in [-0.05, 0) is 77.7 Å². The Labute approximate surface area is 228 Å². The zero-order valence-electron chi connectivity index (χ0n) is 22.0. The molecule has 1 N–H and O–H groups in total. The minimum Gasteiger partial charge on any atom is -0.271 e. The van der Waals surface area contributed by atoms with E-state index in [1.54, 1.807) is 36.5 Å². The first kappa shape index (κ1) is 26.1. The maximum Gasteiger partial charge on any atom is 0.264 e. The van der Waals surface area contributed by atoms with Crippen LogP contribution in [0.5, 0.6) is 0 Å². The molecular weight excluding hydrogens is 506 g/mol. The number of hydrazone groups is 1. The van der Waals surface area contributed by atoms with E-state index in [4.69, 9.17) is 0 Å². The van der Waals surface area contributed by atoms with Gasteiger partial charge < -0.3 is 0 Å². The molecule has 0 aliphatic carbocycles. The normalized spacial score (nSPS) is 11.8. The SMILES string of the molecule is Cc1ccc(S(=O)(=O)N(CC(=O)N/N=C/c2c3ccccc3cc3ccccc23)c2cc(C)ccc2C)cc1. The number of amides is 1. The highest BCUT2D eigenvalue weighted by Crippen LogP contribution is 2.29. The number of benzene rings is 5. The summed E-state index contributed by atoms with van der Waals surface area (Å²) in [5, 5.41) is 8.39. The fourth-order valence-corrected chi connectivity index (χ4v) is 6.13. The molecule has 0 atom stereocenters. The first-order chi connectivity index (χ1) is 18.7. The van der Waals surface area contributed by atoms with Crippen molar-refractivity contribution in [2.24, 2.45) is 5.10 Å². The number of hydrogen-bond donors (Lipinski definition) is 1. The minimum atomic E-state index is -4.02. The van der Waals surface area contributed by atoms with Gasteiger partial charge in [0.2, 0.25) is 0 Å². The number of hydrogen-bond acceptors (Lipinski definition) is 4. The predicted octanol–water partition coefficient (Wildman–Crippen LogP) is 6.26. The van der Waals surface area contributed by atoms with Gasteiger partial charge in [-0.25, -0.2) is 13.8 Å². The molecule has 0 fully saturated rings. The van der Waals surface area contributed by atoms with Gasteiger partial charge in [-0.1, -0.05) is 78.4 Å². The Hall–Kier alpha value is -4.49. The highest BCUT2D eigenvalue weighted by atomic mass is 32.2. The van der Waals surface area contributed by atoms with E-state index in [1.165, 1.54) is 0 Å². The zero-order chi connectivity index (χ0) is 27.6. The first-order valence-electron chi connectivity index (χ1n) is 12.6. The Balaban J connectivity index is 1.47. The van der Waals surface area contributed by atoms with Gasteiger partial charge in [0, 0.05) is 5.56 Å². The van der Waals surface area contributed by atoms with Crippen LogP contribution in [0.25, 0.3) is 21.5 Å². The number of sulfonamides is 1. The van der Waals surface area contributed by atoms with E-state index in [0.717, 1.165) is 48.1 Å². The van der Waals surface area contributed by atoms with Gasteiger partial charge in [0.25, 0.3) is 15.9 Å². The molecule has 5 aromatic carbocycles. The molecule has 0 unspecified atom stereocenters. The van der Waals surface area contributed by atoms with Gasteiger partial charge in [0.05, 0.1) is 16.8 Å². The molecule has 39 heavy (non-hydrogen) atoms. The molecule has 0 saturated carbocycles. The van der Waals surface area contributed by atoms with Crippen molar-refractivity contribution in [1.82, 2.24) is 5.43 Å². The summed E-state index contributed by atoms with van der Waals surface area (Å²) in [6.07, 6.45) is 1.62. The Kier molecular flexibility index (Phi) is 7.17. The average Bonchev–Trinajstić information content (AvgIpc) is 2.93. The Morgan fingerprint density at radius 1 is 0.795 bits per heavy atom. The highest BCUT2D eigenvalue weighted by molar-refractivity contribution is 7.92. The van der Waals surface area contributed by atoms with Crippen molar-refractivity contribution in [2.75, 3.05) is 10.8 Å².